The van der Waals surface area contributed by atoms with Gasteiger partial charge < -0.3 is 16.4 Å². The van der Waals surface area contributed by atoms with Crippen LogP contribution in [0.1, 0.15) is 40.0 Å². The Balaban J connectivity index is 0.00000324. The molecular weight excluding hydrogens is 355 g/mol. The first-order chi connectivity index (χ1) is 8.39. The minimum absolute atomic E-state index is 0. The number of hydrogen-bond acceptors (Lipinski definition) is 2. The lowest BCUT2D eigenvalue weighted by molar-refractivity contribution is -0.128. The summed E-state index contributed by atoms with van der Waals surface area (Å²) in [5, 5.41) is 5.86. The molecule has 1 amide bonds. The van der Waals surface area contributed by atoms with Gasteiger partial charge in [0.15, 0.2) is 5.96 Å². The van der Waals surface area contributed by atoms with E-state index >= 15 is 0 Å². The molecule has 5 nitrogen and oxygen atoms in total. The van der Waals surface area contributed by atoms with Crippen molar-refractivity contribution in [3.8, 4) is 0 Å². The van der Waals surface area contributed by atoms with Crippen LogP contribution in [0.3, 0.4) is 0 Å². The molecule has 0 spiro atoms. The Morgan fingerprint density at radius 3 is 2.32 bits per heavy atom. The molecule has 1 rings (SSSR count). The van der Waals surface area contributed by atoms with Gasteiger partial charge in [-0.2, -0.15) is 0 Å². The number of hydrogen-bond donors (Lipinski definition) is 3. The number of carbonyl (C=O) groups is 1. The molecule has 0 aliphatic heterocycles. The van der Waals surface area contributed by atoms with E-state index in [0.29, 0.717) is 19.0 Å². The molecule has 0 aromatic carbocycles. The number of rotatable bonds is 5. The molecule has 0 aromatic rings. The number of carbonyl (C=O) groups excluding carboxylic acids is 1. The lowest BCUT2D eigenvalue weighted by Crippen LogP contribution is -2.41. The fourth-order valence-electron chi connectivity index (χ4n) is 1.59. The van der Waals surface area contributed by atoms with Crippen LogP contribution in [0.2, 0.25) is 0 Å². The van der Waals surface area contributed by atoms with E-state index in [2.05, 4.69) is 15.6 Å². The average molecular weight is 382 g/mol. The third-order valence-corrected chi connectivity index (χ3v) is 3.14. The van der Waals surface area contributed by atoms with Crippen molar-refractivity contribution in [2.75, 3.05) is 19.6 Å². The standard InChI is InChI=1S/C13H26N4O.HI/c1-13(2,3)11(18)15-7-8-16-12(14)17-9-10-5-4-6-10;/h10H,4-9H2,1-3H3,(H,15,18)(H3,14,16,17);1H. The van der Waals surface area contributed by atoms with Crippen LogP contribution >= 0.6 is 24.0 Å². The van der Waals surface area contributed by atoms with Crippen LogP contribution in [0.5, 0.6) is 0 Å². The maximum Gasteiger partial charge on any atom is 0.225 e. The molecule has 1 aliphatic rings. The molecule has 0 aromatic heterocycles. The summed E-state index contributed by atoms with van der Waals surface area (Å²) >= 11 is 0. The molecule has 1 aliphatic carbocycles. The van der Waals surface area contributed by atoms with Crippen molar-refractivity contribution in [2.24, 2.45) is 22.1 Å². The monoisotopic (exact) mass is 382 g/mol. The van der Waals surface area contributed by atoms with E-state index in [-0.39, 0.29) is 35.3 Å². The number of nitrogens with zero attached hydrogens (tertiary/aromatic N) is 1. The lowest BCUT2D eigenvalue weighted by atomic mass is 9.86. The lowest BCUT2D eigenvalue weighted by Gasteiger charge is -2.23. The SMILES string of the molecule is CC(C)(C)C(=O)NCCNC(N)=NCC1CCC1.I. The van der Waals surface area contributed by atoms with Crippen molar-refractivity contribution in [3.63, 3.8) is 0 Å². The molecule has 1 fully saturated rings. The Morgan fingerprint density at radius 2 is 1.84 bits per heavy atom. The summed E-state index contributed by atoms with van der Waals surface area (Å²) in [7, 11) is 0. The van der Waals surface area contributed by atoms with Gasteiger partial charge in [-0.05, 0) is 18.8 Å². The summed E-state index contributed by atoms with van der Waals surface area (Å²) in [5.41, 5.74) is 5.39. The van der Waals surface area contributed by atoms with Gasteiger partial charge >= 0.3 is 0 Å². The van der Waals surface area contributed by atoms with E-state index in [1.165, 1.54) is 19.3 Å². The molecule has 0 heterocycles. The zero-order valence-corrected chi connectivity index (χ0v) is 14.5. The molecule has 0 radical (unpaired) electrons. The second-order valence-electron chi connectivity index (χ2n) is 5.96. The van der Waals surface area contributed by atoms with Crippen LogP contribution < -0.4 is 16.4 Å². The van der Waals surface area contributed by atoms with E-state index in [9.17, 15) is 4.79 Å². The number of nitrogens with one attached hydrogen (secondary N) is 2. The first kappa shape index (κ1) is 18.5. The normalized spacial score (nSPS) is 16.3. The van der Waals surface area contributed by atoms with E-state index in [1.54, 1.807) is 0 Å². The van der Waals surface area contributed by atoms with Crippen LogP contribution in [0, 0.1) is 11.3 Å². The molecule has 112 valence electrons. The van der Waals surface area contributed by atoms with Gasteiger partial charge in [0.25, 0.3) is 0 Å². The number of guanidine groups is 1. The first-order valence-electron chi connectivity index (χ1n) is 6.71. The van der Waals surface area contributed by atoms with Crippen LogP contribution in [-0.2, 0) is 4.79 Å². The van der Waals surface area contributed by atoms with Gasteiger partial charge in [-0.15, -0.1) is 24.0 Å². The fourth-order valence-corrected chi connectivity index (χ4v) is 1.59. The Morgan fingerprint density at radius 1 is 1.26 bits per heavy atom. The van der Waals surface area contributed by atoms with Crippen molar-refractivity contribution in [1.29, 1.82) is 0 Å². The quantitative estimate of drug-likeness (QED) is 0.292. The molecule has 1 saturated carbocycles. The number of halogens is 1. The number of aliphatic imine (C=N–C) groups is 1. The molecule has 19 heavy (non-hydrogen) atoms. The average Bonchev–Trinajstić information content (AvgIpc) is 2.20. The molecule has 0 bridgehead atoms. The van der Waals surface area contributed by atoms with Gasteiger partial charge in [0.2, 0.25) is 5.91 Å². The summed E-state index contributed by atoms with van der Waals surface area (Å²) in [6.45, 7) is 7.68. The maximum atomic E-state index is 11.6. The molecule has 0 unspecified atom stereocenters. The van der Waals surface area contributed by atoms with Gasteiger partial charge in [0, 0.05) is 25.0 Å². The summed E-state index contributed by atoms with van der Waals surface area (Å²) in [4.78, 5) is 15.9. The highest BCUT2D eigenvalue weighted by molar-refractivity contribution is 14.0. The molecule has 0 atom stereocenters. The third-order valence-electron chi connectivity index (χ3n) is 3.14. The third kappa shape index (κ3) is 7.59. The Hall–Kier alpha value is -0.530. The zero-order chi connectivity index (χ0) is 13.6. The summed E-state index contributed by atoms with van der Waals surface area (Å²) in [6, 6.07) is 0. The number of nitrogens with two attached hydrogens (primary N) is 1. The minimum Gasteiger partial charge on any atom is -0.370 e. The smallest absolute Gasteiger partial charge is 0.225 e. The topological polar surface area (TPSA) is 79.5 Å². The minimum atomic E-state index is -0.343. The van der Waals surface area contributed by atoms with Crippen LogP contribution in [0.25, 0.3) is 0 Å². The van der Waals surface area contributed by atoms with Gasteiger partial charge in [0.1, 0.15) is 0 Å². The maximum absolute atomic E-state index is 11.6. The van der Waals surface area contributed by atoms with Crippen molar-refractivity contribution in [3.05, 3.63) is 0 Å². The number of amides is 1. The second-order valence-corrected chi connectivity index (χ2v) is 5.96. The molecular formula is C13H27IN4O. The zero-order valence-electron chi connectivity index (χ0n) is 12.2. The predicted molar refractivity (Wildman–Crippen MR) is 89.7 cm³/mol. The van der Waals surface area contributed by atoms with Crippen molar-refractivity contribution in [2.45, 2.75) is 40.0 Å². The highest BCUT2D eigenvalue weighted by Crippen LogP contribution is 2.26. The van der Waals surface area contributed by atoms with Crippen molar-refractivity contribution >= 4 is 35.8 Å². The summed E-state index contributed by atoms with van der Waals surface area (Å²) in [6.07, 6.45) is 3.88. The Labute approximate surface area is 133 Å². The summed E-state index contributed by atoms with van der Waals surface area (Å²) < 4.78 is 0. The van der Waals surface area contributed by atoms with Gasteiger partial charge in [-0.3, -0.25) is 9.79 Å². The van der Waals surface area contributed by atoms with Crippen LogP contribution in [0.15, 0.2) is 4.99 Å². The van der Waals surface area contributed by atoms with E-state index in [4.69, 9.17) is 5.73 Å². The second kappa shape index (κ2) is 8.60. The van der Waals surface area contributed by atoms with E-state index in [0.717, 1.165) is 12.5 Å². The molecule has 0 saturated heterocycles. The van der Waals surface area contributed by atoms with E-state index < -0.39 is 0 Å². The largest absolute Gasteiger partial charge is 0.370 e. The van der Waals surface area contributed by atoms with Gasteiger partial charge in [0.05, 0.1) is 0 Å². The first-order valence-corrected chi connectivity index (χ1v) is 6.71. The van der Waals surface area contributed by atoms with E-state index in [1.807, 2.05) is 20.8 Å². The summed E-state index contributed by atoms with van der Waals surface area (Å²) in [5.74, 6) is 1.26. The van der Waals surface area contributed by atoms with Gasteiger partial charge in [-0.25, -0.2) is 0 Å². The molecule has 4 N–H and O–H groups in total. The Bertz CT molecular complexity index is 308. The molecule has 6 heteroatoms. The highest BCUT2D eigenvalue weighted by atomic mass is 127. The van der Waals surface area contributed by atoms with Crippen LogP contribution in [-0.4, -0.2) is 31.5 Å². The van der Waals surface area contributed by atoms with Gasteiger partial charge in [-0.1, -0.05) is 27.2 Å². The van der Waals surface area contributed by atoms with Crippen LogP contribution in [0.4, 0.5) is 0 Å². The van der Waals surface area contributed by atoms with Crippen molar-refractivity contribution in [1.82, 2.24) is 10.6 Å². The van der Waals surface area contributed by atoms with Crippen molar-refractivity contribution < 1.29 is 4.79 Å². The highest BCUT2D eigenvalue weighted by Gasteiger charge is 2.20. The Kier molecular flexibility index (Phi) is 8.36. The predicted octanol–water partition coefficient (Wildman–Crippen LogP) is 1.47. The fraction of sp³-hybridized carbons (Fsp3) is 0.846.